The minimum Gasteiger partial charge on any atom is -0.341 e. The van der Waals surface area contributed by atoms with Crippen LogP contribution >= 0.6 is 0 Å². The maximum Gasteiger partial charge on any atom is 0.270 e. The van der Waals surface area contributed by atoms with Crippen molar-refractivity contribution >= 4 is 15.9 Å². The van der Waals surface area contributed by atoms with Gasteiger partial charge in [-0.1, -0.05) is 0 Å². The van der Waals surface area contributed by atoms with Crippen molar-refractivity contribution in [1.29, 1.82) is 0 Å². The summed E-state index contributed by atoms with van der Waals surface area (Å²) in [6, 6.07) is 7.82. The molecule has 0 radical (unpaired) electrons. The van der Waals surface area contributed by atoms with E-state index in [1.807, 2.05) is 0 Å². The van der Waals surface area contributed by atoms with E-state index in [2.05, 4.69) is 4.72 Å². The predicted molar refractivity (Wildman–Crippen MR) is 81.9 cm³/mol. The third-order valence-electron chi connectivity index (χ3n) is 3.96. The second-order valence-electron chi connectivity index (χ2n) is 5.42. The van der Waals surface area contributed by atoms with Crippen LogP contribution in [-0.4, -0.2) is 43.4 Å². The van der Waals surface area contributed by atoms with Gasteiger partial charge in [0, 0.05) is 26.3 Å². The van der Waals surface area contributed by atoms with Gasteiger partial charge in [0.2, 0.25) is 10.0 Å². The summed E-state index contributed by atoms with van der Waals surface area (Å²) in [4.78, 5) is 13.7. The fourth-order valence-corrected chi connectivity index (χ4v) is 3.64. The topological polar surface area (TPSA) is 71.4 Å². The first-order chi connectivity index (χ1) is 10.9. The average molecular weight is 337 g/mol. The fourth-order valence-electron chi connectivity index (χ4n) is 2.57. The molecule has 1 aromatic carbocycles. The molecule has 3 rings (SSSR count). The number of aromatic nitrogens is 1. The van der Waals surface area contributed by atoms with Gasteiger partial charge in [0.25, 0.3) is 5.91 Å². The quantitative estimate of drug-likeness (QED) is 0.907. The van der Waals surface area contributed by atoms with Crippen LogP contribution in [0.25, 0.3) is 0 Å². The zero-order chi connectivity index (χ0) is 16.6. The van der Waals surface area contributed by atoms with Gasteiger partial charge in [-0.2, -0.15) is 0 Å². The molecule has 1 aromatic heterocycles. The van der Waals surface area contributed by atoms with Gasteiger partial charge >= 0.3 is 0 Å². The highest BCUT2D eigenvalue weighted by atomic mass is 32.2. The highest BCUT2D eigenvalue weighted by Gasteiger charge is 2.30. The van der Waals surface area contributed by atoms with Crippen LogP contribution in [-0.2, 0) is 16.6 Å². The van der Waals surface area contributed by atoms with Gasteiger partial charge in [0.15, 0.2) is 0 Å². The van der Waals surface area contributed by atoms with E-state index in [1.165, 1.54) is 17.0 Å². The number of hydrogen-bond acceptors (Lipinski definition) is 3. The molecule has 1 atom stereocenters. The Morgan fingerprint density at radius 1 is 1.26 bits per heavy atom. The number of amides is 1. The average Bonchev–Trinajstić information content (AvgIpc) is 2.98. The SMILES string of the molecule is CN1C(=O)c2cccn2C[C@@H]1CNS(=O)(=O)c1ccc(F)cc1. The molecule has 8 heteroatoms. The summed E-state index contributed by atoms with van der Waals surface area (Å²) in [5.41, 5.74) is 0.588. The number of carbonyl (C=O) groups is 1. The van der Waals surface area contributed by atoms with Gasteiger partial charge < -0.3 is 9.47 Å². The van der Waals surface area contributed by atoms with Crippen molar-refractivity contribution in [2.45, 2.75) is 17.5 Å². The van der Waals surface area contributed by atoms with Crippen LogP contribution < -0.4 is 4.72 Å². The normalized spacial score (nSPS) is 18.1. The summed E-state index contributed by atoms with van der Waals surface area (Å²) >= 11 is 0. The van der Waals surface area contributed by atoms with E-state index >= 15 is 0 Å². The zero-order valence-corrected chi connectivity index (χ0v) is 13.3. The Morgan fingerprint density at radius 2 is 1.96 bits per heavy atom. The first-order valence-corrected chi connectivity index (χ1v) is 8.54. The van der Waals surface area contributed by atoms with E-state index in [0.717, 1.165) is 12.1 Å². The Kier molecular flexibility index (Phi) is 3.95. The smallest absolute Gasteiger partial charge is 0.270 e. The number of likely N-dealkylation sites (N-methyl/N-ethyl adjacent to an activating group) is 1. The minimum absolute atomic E-state index is 0.00894. The molecule has 2 aromatic rings. The largest absolute Gasteiger partial charge is 0.341 e. The number of halogens is 1. The Morgan fingerprint density at radius 3 is 2.65 bits per heavy atom. The highest BCUT2D eigenvalue weighted by molar-refractivity contribution is 7.89. The van der Waals surface area contributed by atoms with Crippen LogP contribution in [0.5, 0.6) is 0 Å². The van der Waals surface area contributed by atoms with Crippen molar-refractivity contribution in [3.8, 4) is 0 Å². The van der Waals surface area contributed by atoms with E-state index in [9.17, 15) is 17.6 Å². The second-order valence-corrected chi connectivity index (χ2v) is 7.19. The molecule has 0 aliphatic carbocycles. The Bertz CT molecular complexity index is 830. The number of fused-ring (bicyclic) bond motifs is 1. The molecule has 2 heterocycles. The Labute approximate surface area is 133 Å². The van der Waals surface area contributed by atoms with Gasteiger partial charge in [-0.15, -0.1) is 0 Å². The predicted octanol–water partition coefficient (Wildman–Crippen LogP) is 1.06. The van der Waals surface area contributed by atoms with Crippen LogP contribution in [0.15, 0.2) is 47.5 Å². The molecule has 6 nitrogen and oxygen atoms in total. The molecular weight excluding hydrogens is 321 g/mol. The van der Waals surface area contributed by atoms with Crippen molar-refractivity contribution in [2.75, 3.05) is 13.6 Å². The van der Waals surface area contributed by atoms with Gasteiger partial charge in [-0.3, -0.25) is 4.79 Å². The van der Waals surface area contributed by atoms with E-state index in [1.54, 1.807) is 29.9 Å². The zero-order valence-electron chi connectivity index (χ0n) is 12.4. The van der Waals surface area contributed by atoms with Gasteiger partial charge in [0.1, 0.15) is 11.5 Å². The van der Waals surface area contributed by atoms with Gasteiger partial charge in [-0.25, -0.2) is 17.5 Å². The van der Waals surface area contributed by atoms with Gasteiger partial charge in [0.05, 0.1) is 10.9 Å². The molecule has 0 fully saturated rings. The number of rotatable bonds is 4. The number of nitrogens with zero attached hydrogens (tertiary/aromatic N) is 2. The standard InChI is InChI=1S/C15H16FN3O3S/c1-18-12(10-19-8-2-3-14(19)15(18)20)9-17-23(21,22)13-6-4-11(16)5-7-13/h2-8,12,17H,9-10H2,1H3/t12-/m0/s1. The number of sulfonamides is 1. The summed E-state index contributed by atoms with van der Waals surface area (Å²) < 4.78 is 41.6. The molecular formula is C15H16FN3O3S. The third-order valence-corrected chi connectivity index (χ3v) is 5.40. The van der Waals surface area contributed by atoms with Crippen LogP contribution in [0.2, 0.25) is 0 Å². The molecule has 1 aliphatic rings. The summed E-state index contributed by atoms with van der Waals surface area (Å²) in [7, 11) is -2.10. The lowest BCUT2D eigenvalue weighted by Crippen LogP contribution is -2.50. The van der Waals surface area contributed by atoms with Crippen molar-refractivity contribution in [3.05, 3.63) is 54.1 Å². The van der Waals surface area contributed by atoms with Crippen LogP contribution in [0.3, 0.4) is 0 Å². The maximum absolute atomic E-state index is 12.9. The molecule has 122 valence electrons. The lowest BCUT2D eigenvalue weighted by molar-refractivity contribution is 0.0661. The molecule has 1 N–H and O–H groups in total. The van der Waals surface area contributed by atoms with Crippen molar-refractivity contribution in [2.24, 2.45) is 0 Å². The van der Waals surface area contributed by atoms with Crippen LogP contribution in [0.4, 0.5) is 4.39 Å². The lowest BCUT2D eigenvalue weighted by atomic mass is 10.2. The maximum atomic E-state index is 12.9. The van der Waals surface area contributed by atoms with E-state index < -0.39 is 15.8 Å². The Balaban J connectivity index is 1.73. The number of nitrogens with one attached hydrogen (secondary N) is 1. The van der Waals surface area contributed by atoms with Gasteiger partial charge in [-0.05, 0) is 36.4 Å². The molecule has 0 unspecified atom stereocenters. The molecule has 0 saturated carbocycles. The number of hydrogen-bond donors (Lipinski definition) is 1. The van der Waals surface area contributed by atoms with Crippen LogP contribution in [0.1, 0.15) is 10.5 Å². The van der Waals surface area contributed by atoms with E-state index in [4.69, 9.17) is 0 Å². The molecule has 0 bridgehead atoms. The first-order valence-electron chi connectivity index (χ1n) is 7.06. The van der Waals surface area contributed by atoms with E-state index in [-0.39, 0.29) is 23.4 Å². The molecule has 0 spiro atoms. The minimum atomic E-state index is -3.75. The fraction of sp³-hybridized carbons (Fsp3) is 0.267. The number of benzene rings is 1. The third kappa shape index (κ3) is 2.99. The van der Waals surface area contributed by atoms with Crippen LogP contribution in [0, 0.1) is 5.82 Å². The summed E-state index contributed by atoms with van der Waals surface area (Å²) in [5, 5.41) is 0. The summed E-state index contributed by atoms with van der Waals surface area (Å²) in [6.45, 7) is 0.593. The Hall–Kier alpha value is -2.19. The molecule has 1 amide bonds. The monoisotopic (exact) mass is 337 g/mol. The highest BCUT2D eigenvalue weighted by Crippen LogP contribution is 2.17. The van der Waals surface area contributed by atoms with Crippen molar-refractivity contribution in [1.82, 2.24) is 14.2 Å². The number of carbonyl (C=O) groups excluding carboxylic acids is 1. The first kappa shape index (κ1) is 15.7. The summed E-state index contributed by atoms with van der Waals surface area (Å²) in [5.74, 6) is -0.645. The molecule has 1 aliphatic heterocycles. The van der Waals surface area contributed by atoms with Crippen molar-refractivity contribution < 1.29 is 17.6 Å². The molecule has 0 saturated heterocycles. The van der Waals surface area contributed by atoms with E-state index in [0.29, 0.717) is 12.2 Å². The lowest BCUT2D eigenvalue weighted by Gasteiger charge is -2.33. The van der Waals surface area contributed by atoms with Crippen molar-refractivity contribution in [3.63, 3.8) is 0 Å². The second kappa shape index (κ2) is 5.78. The summed E-state index contributed by atoms with van der Waals surface area (Å²) in [6.07, 6.45) is 1.79. The molecule has 23 heavy (non-hydrogen) atoms.